The van der Waals surface area contributed by atoms with Gasteiger partial charge < -0.3 is 4.90 Å². The minimum absolute atomic E-state index is 0.0706. The number of allylic oxidation sites excluding steroid dienone is 1. The fourth-order valence-electron chi connectivity index (χ4n) is 2.39. The molecule has 1 saturated heterocycles. The highest BCUT2D eigenvalue weighted by atomic mass is 16.2. The van der Waals surface area contributed by atoms with Crippen LogP contribution in [0.3, 0.4) is 0 Å². The van der Waals surface area contributed by atoms with Gasteiger partial charge in [-0.1, -0.05) is 32.9 Å². The molecule has 0 aromatic heterocycles. The zero-order valence-electron chi connectivity index (χ0n) is 12.3. The van der Waals surface area contributed by atoms with Crippen molar-refractivity contribution in [1.29, 1.82) is 5.26 Å². The summed E-state index contributed by atoms with van der Waals surface area (Å²) >= 11 is 0. The van der Waals surface area contributed by atoms with E-state index in [4.69, 9.17) is 5.26 Å². The van der Waals surface area contributed by atoms with Crippen molar-refractivity contribution >= 4 is 11.6 Å². The van der Waals surface area contributed by atoms with Crippen LogP contribution in [0.15, 0.2) is 35.9 Å². The standard InChI is InChI=1S/C17H20N2O/c1-17(2,3)14-4-6-15(7-5-14)19-11-9-13(8-10-18)12-16(19)20/h4-8H,9,11-12H2,1-3H3/b13-8-. The molecule has 0 bridgehead atoms. The molecule has 1 aromatic rings. The molecular weight excluding hydrogens is 248 g/mol. The van der Waals surface area contributed by atoms with Gasteiger partial charge >= 0.3 is 0 Å². The second kappa shape index (κ2) is 5.50. The SMILES string of the molecule is CC(C)(C)c1ccc(N2CC/C(=C/C#N)CC2=O)cc1. The minimum atomic E-state index is 0.0706. The first kappa shape index (κ1) is 14.3. The van der Waals surface area contributed by atoms with Gasteiger partial charge in [0.25, 0.3) is 0 Å². The zero-order chi connectivity index (χ0) is 14.8. The summed E-state index contributed by atoms with van der Waals surface area (Å²) in [6, 6.07) is 10.2. The Hall–Kier alpha value is -2.08. The lowest BCUT2D eigenvalue weighted by Crippen LogP contribution is -2.36. The second-order valence-electron chi connectivity index (χ2n) is 6.20. The van der Waals surface area contributed by atoms with Crippen molar-refractivity contribution in [3.63, 3.8) is 0 Å². The molecule has 0 radical (unpaired) electrons. The highest BCUT2D eigenvalue weighted by Gasteiger charge is 2.23. The number of piperidine rings is 1. The van der Waals surface area contributed by atoms with Gasteiger partial charge in [-0.2, -0.15) is 5.26 Å². The van der Waals surface area contributed by atoms with Crippen LogP contribution in [-0.4, -0.2) is 12.5 Å². The van der Waals surface area contributed by atoms with E-state index in [1.54, 1.807) is 4.90 Å². The number of benzene rings is 1. The van der Waals surface area contributed by atoms with Gasteiger partial charge in [-0.3, -0.25) is 4.79 Å². The van der Waals surface area contributed by atoms with Crippen molar-refractivity contribution in [2.45, 2.75) is 39.0 Å². The lowest BCUT2D eigenvalue weighted by Gasteiger charge is -2.29. The normalized spacial score (nSPS) is 18.2. The Kier molecular flexibility index (Phi) is 3.94. The van der Waals surface area contributed by atoms with Crippen molar-refractivity contribution in [2.75, 3.05) is 11.4 Å². The summed E-state index contributed by atoms with van der Waals surface area (Å²) in [6.07, 6.45) is 2.63. The highest BCUT2D eigenvalue weighted by Crippen LogP contribution is 2.27. The minimum Gasteiger partial charge on any atom is -0.312 e. The molecule has 0 N–H and O–H groups in total. The molecule has 1 amide bonds. The van der Waals surface area contributed by atoms with E-state index < -0.39 is 0 Å². The summed E-state index contributed by atoms with van der Waals surface area (Å²) in [6.45, 7) is 7.17. The van der Waals surface area contributed by atoms with Crippen LogP contribution < -0.4 is 4.90 Å². The number of nitrogens with zero attached hydrogens (tertiary/aromatic N) is 2. The molecule has 3 nitrogen and oxygen atoms in total. The van der Waals surface area contributed by atoms with Crippen LogP contribution in [0.1, 0.15) is 39.2 Å². The lowest BCUT2D eigenvalue weighted by molar-refractivity contribution is -0.118. The average Bonchev–Trinajstić information content (AvgIpc) is 2.38. The van der Waals surface area contributed by atoms with Gasteiger partial charge in [0.1, 0.15) is 0 Å². The van der Waals surface area contributed by atoms with E-state index >= 15 is 0 Å². The predicted molar refractivity (Wildman–Crippen MR) is 80.4 cm³/mol. The first-order chi connectivity index (χ1) is 9.41. The van der Waals surface area contributed by atoms with Gasteiger partial charge in [-0.25, -0.2) is 0 Å². The quantitative estimate of drug-likeness (QED) is 0.731. The Bertz CT molecular complexity index is 570. The maximum absolute atomic E-state index is 12.1. The van der Waals surface area contributed by atoms with Gasteiger partial charge in [0.15, 0.2) is 0 Å². The van der Waals surface area contributed by atoms with Crippen molar-refractivity contribution < 1.29 is 4.79 Å². The molecule has 0 atom stereocenters. The third-order valence-corrected chi connectivity index (χ3v) is 3.65. The van der Waals surface area contributed by atoms with Gasteiger partial charge in [0.2, 0.25) is 5.91 Å². The molecule has 1 aromatic carbocycles. The third kappa shape index (κ3) is 3.08. The largest absolute Gasteiger partial charge is 0.312 e. The van der Waals surface area contributed by atoms with E-state index in [9.17, 15) is 4.79 Å². The van der Waals surface area contributed by atoms with Crippen LogP contribution in [-0.2, 0) is 10.2 Å². The number of amides is 1. The summed E-state index contributed by atoms with van der Waals surface area (Å²) < 4.78 is 0. The van der Waals surface area contributed by atoms with Crippen molar-refractivity contribution in [2.24, 2.45) is 0 Å². The summed E-state index contributed by atoms with van der Waals surface area (Å²) in [5, 5.41) is 8.64. The Labute approximate surface area is 120 Å². The molecule has 1 fully saturated rings. The molecule has 3 heteroatoms. The van der Waals surface area contributed by atoms with Crippen LogP contribution in [0.2, 0.25) is 0 Å². The van der Waals surface area contributed by atoms with Gasteiger partial charge in [0.05, 0.1) is 6.07 Å². The molecule has 0 unspecified atom stereocenters. The number of hydrogen-bond acceptors (Lipinski definition) is 2. The fourth-order valence-corrected chi connectivity index (χ4v) is 2.39. The number of hydrogen-bond donors (Lipinski definition) is 0. The molecule has 20 heavy (non-hydrogen) atoms. The molecule has 1 aliphatic rings. The Morgan fingerprint density at radius 3 is 2.40 bits per heavy atom. The van der Waals surface area contributed by atoms with Crippen LogP contribution in [0.4, 0.5) is 5.69 Å². The van der Waals surface area contributed by atoms with Gasteiger partial charge in [-0.15, -0.1) is 0 Å². The molecule has 0 aliphatic carbocycles. The van der Waals surface area contributed by atoms with Crippen LogP contribution in [0, 0.1) is 11.3 Å². The molecule has 1 aliphatic heterocycles. The van der Waals surface area contributed by atoms with E-state index in [1.807, 2.05) is 18.2 Å². The summed E-state index contributed by atoms with van der Waals surface area (Å²) in [7, 11) is 0. The van der Waals surface area contributed by atoms with Crippen molar-refractivity contribution in [1.82, 2.24) is 0 Å². The van der Waals surface area contributed by atoms with E-state index in [2.05, 4.69) is 32.9 Å². The van der Waals surface area contributed by atoms with Gasteiger partial charge in [0, 0.05) is 24.7 Å². The summed E-state index contributed by atoms with van der Waals surface area (Å²) in [4.78, 5) is 13.9. The van der Waals surface area contributed by atoms with Crippen molar-refractivity contribution in [3.05, 3.63) is 41.5 Å². The van der Waals surface area contributed by atoms with E-state index in [0.29, 0.717) is 13.0 Å². The smallest absolute Gasteiger partial charge is 0.231 e. The molecule has 0 spiro atoms. The number of rotatable bonds is 1. The van der Waals surface area contributed by atoms with E-state index in [-0.39, 0.29) is 11.3 Å². The first-order valence-electron chi connectivity index (χ1n) is 6.90. The van der Waals surface area contributed by atoms with Crippen LogP contribution in [0.5, 0.6) is 0 Å². The predicted octanol–water partition coefficient (Wildman–Crippen LogP) is 3.56. The Balaban J connectivity index is 2.16. The monoisotopic (exact) mass is 268 g/mol. The topological polar surface area (TPSA) is 44.1 Å². The van der Waals surface area contributed by atoms with E-state index in [0.717, 1.165) is 17.7 Å². The zero-order valence-corrected chi connectivity index (χ0v) is 12.3. The fraction of sp³-hybridized carbons (Fsp3) is 0.412. The molecule has 1 heterocycles. The maximum Gasteiger partial charge on any atom is 0.231 e. The number of nitriles is 1. The first-order valence-corrected chi connectivity index (χ1v) is 6.90. The highest BCUT2D eigenvalue weighted by molar-refractivity contribution is 5.96. The van der Waals surface area contributed by atoms with E-state index in [1.165, 1.54) is 11.6 Å². The maximum atomic E-state index is 12.1. The Morgan fingerprint density at radius 2 is 1.90 bits per heavy atom. The summed E-state index contributed by atoms with van der Waals surface area (Å²) in [5.41, 5.74) is 3.25. The summed E-state index contributed by atoms with van der Waals surface area (Å²) in [5.74, 6) is 0.0706. The Morgan fingerprint density at radius 1 is 1.25 bits per heavy atom. The number of anilines is 1. The van der Waals surface area contributed by atoms with Crippen molar-refractivity contribution in [3.8, 4) is 6.07 Å². The molecular formula is C17H20N2O. The second-order valence-corrected chi connectivity index (χ2v) is 6.20. The molecule has 2 rings (SSSR count). The van der Waals surface area contributed by atoms with Gasteiger partial charge in [-0.05, 0) is 35.1 Å². The average molecular weight is 268 g/mol. The number of carbonyl (C=O) groups excluding carboxylic acids is 1. The van der Waals surface area contributed by atoms with Crippen LogP contribution in [0.25, 0.3) is 0 Å². The molecule has 0 saturated carbocycles. The van der Waals surface area contributed by atoms with Crippen LogP contribution >= 0.6 is 0 Å². The molecule has 104 valence electrons. The lowest BCUT2D eigenvalue weighted by atomic mass is 9.87. The third-order valence-electron chi connectivity index (χ3n) is 3.65. The number of carbonyl (C=O) groups is 1.